The highest BCUT2D eigenvalue weighted by Gasteiger charge is 2.24. The summed E-state index contributed by atoms with van der Waals surface area (Å²) in [5, 5.41) is 10.6. The van der Waals surface area contributed by atoms with Gasteiger partial charge in [0.15, 0.2) is 0 Å². The summed E-state index contributed by atoms with van der Waals surface area (Å²) >= 11 is 0. The lowest BCUT2D eigenvalue weighted by Crippen LogP contribution is -2.35. The van der Waals surface area contributed by atoms with E-state index >= 15 is 0 Å². The summed E-state index contributed by atoms with van der Waals surface area (Å²) < 4.78 is 6.06. The highest BCUT2D eigenvalue weighted by molar-refractivity contribution is 5.98. The van der Waals surface area contributed by atoms with Crippen molar-refractivity contribution in [1.29, 1.82) is 5.41 Å². The highest BCUT2D eigenvalue weighted by Crippen LogP contribution is 2.27. The van der Waals surface area contributed by atoms with Gasteiger partial charge in [0, 0.05) is 35.5 Å². The van der Waals surface area contributed by atoms with E-state index in [-0.39, 0.29) is 17.6 Å². The van der Waals surface area contributed by atoms with Gasteiger partial charge in [0.05, 0.1) is 0 Å². The van der Waals surface area contributed by atoms with Gasteiger partial charge in [-0.1, -0.05) is 48.5 Å². The fraction of sp³-hybridized carbons (Fsp3) is 0.192. The molecular weight excluding hydrogens is 416 g/mol. The number of rotatable bonds is 7. The molecule has 1 heterocycles. The van der Waals surface area contributed by atoms with Gasteiger partial charge >= 0.3 is 0 Å². The number of piperidine rings is 1. The van der Waals surface area contributed by atoms with Crippen molar-refractivity contribution in [2.24, 2.45) is 5.73 Å². The first-order valence-corrected chi connectivity index (χ1v) is 10.9. The topological polar surface area (TPSA) is 109 Å². The molecule has 0 saturated carbocycles. The van der Waals surface area contributed by atoms with Gasteiger partial charge in [-0.2, -0.15) is 0 Å². The lowest BCUT2D eigenvalue weighted by molar-refractivity contribution is -0.123. The SMILES string of the molecule is N=C(N)c1cccc(OC(C(=O)Nc2cccc(N3CCCCC3=O)c2)c2ccccc2)c1. The maximum atomic E-state index is 13.3. The van der Waals surface area contributed by atoms with Crippen molar-refractivity contribution in [2.75, 3.05) is 16.8 Å². The molecule has 7 nitrogen and oxygen atoms in total. The molecule has 0 aliphatic carbocycles. The Labute approximate surface area is 192 Å². The van der Waals surface area contributed by atoms with Crippen molar-refractivity contribution >= 4 is 29.0 Å². The molecule has 1 fully saturated rings. The Bertz CT molecular complexity index is 1160. The van der Waals surface area contributed by atoms with E-state index in [2.05, 4.69) is 5.32 Å². The molecule has 1 aliphatic heterocycles. The Morgan fingerprint density at radius 1 is 1.00 bits per heavy atom. The normalized spacial score (nSPS) is 14.4. The molecule has 0 aromatic heterocycles. The molecule has 168 valence electrons. The largest absolute Gasteiger partial charge is 0.476 e. The predicted octanol–water partition coefficient (Wildman–Crippen LogP) is 4.25. The molecule has 33 heavy (non-hydrogen) atoms. The van der Waals surface area contributed by atoms with E-state index in [1.807, 2.05) is 42.5 Å². The van der Waals surface area contributed by atoms with Gasteiger partial charge in [0.25, 0.3) is 5.91 Å². The first-order chi connectivity index (χ1) is 16.0. The number of hydrogen-bond donors (Lipinski definition) is 3. The van der Waals surface area contributed by atoms with Gasteiger partial charge < -0.3 is 20.7 Å². The van der Waals surface area contributed by atoms with E-state index < -0.39 is 6.10 Å². The predicted molar refractivity (Wildman–Crippen MR) is 129 cm³/mol. The lowest BCUT2D eigenvalue weighted by Gasteiger charge is -2.27. The van der Waals surface area contributed by atoms with Gasteiger partial charge in [-0.15, -0.1) is 0 Å². The van der Waals surface area contributed by atoms with Crippen LogP contribution in [-0.4, -0.2) is 24.2 Å². The third-order valence-corrected chi connectivity index (χ3v) is 5.49. The second-order valence-corrected chi connectivity index (χ2v) is 7.89. The van der Waals surface area contributed by atoms with Crippen LogP contribution in [0.15, 0.2) is 78.9 Å². The van der Waals surface area contributed by atoms with E-state index in [4.69, 9.17) is 15.9 Å². The second-order valence-electron chi connectivity index (χ2n) is 7.89. The third-order valence-electron chi connectivity index (χ3n) is 5.49. The third kappa shape index (κ3) is 5.38. The van der Waals surface area contributed by atoms with Crippen molar-refractivity contribution in [3.63, 3.8) is 0 Å². The molecule has 4 N–H and O–H groups in total. The molecule has 3 aromatic rings. The zero-order valence-electron chi connectivity index (χ0n) is 18.2. The summed E-state index contributed by atoms with van der Waals surface area (Å²) in [6, 6.07) is 23.3. The first-order valence-electron chi connectivity index (χ1n) is 10.9. The molecule has 0 radical (unpaired) electrons. The molecule has 1 unspecified atom stereocenters. The number of nitrogens with two attached hydrogens (primary N) is 1. The van der Waals surface area contributed by atoms with Gasteiger partial charge in [0.1, 0.15) is 11.6 Å². The van der Waals surface area contributed by atoms with Crippen LogP contribution in [0.3, 0.4) is 0 Å². The molecule has 0 bridgehead atoms. The zero-order chi connectivity index (χ0) is 23.2. The van der Waals surface area contributed by atoms with E-state index in [0.29, 0.717) is 35.5 Å². The summed E-state index contributed by atoms with van der Waals surface area (Å²) in [5.74, 6) is 0.0988. The van der Waals surface area contributed by atoms with Gasteiger partial charge in [-0.3, -0.25) is 15.0 Å². The number of carbonyl (C=O) groups excluding carboxylic acids is 2. The maximum Gasteiger partial charge on any atom is 0.270 e. The second kappa shape index (κ2) is 9.99. The van der Waals surface area contributed by atoms with Crippen molar-refractivity contribution in [3.8, 4) is 5.75 Å². The average molecular weight is 443 g/mol. The minimum absolute atomic E-state index is 0.0785. The fourth-order valence-corrected chi connectivity index (χ4v) is 3.81. The summed E-state index contributed by atoms with van der Waals surface area (Å²) in [6.07, 6.45) is 1.49. The lowest BCUT2D eigenvalue weighted by atomic mass is 10.1. The molecule has 1 saturated heterocycles. The van der Waals surface area contributed by atoms with Crippen LogP contribution >= 0.6 is 0 Å². The Balaban J connectivity index is 1.57. The fourth-order valence-electron chi connectivity index (χ4n) is 3.81. The van der Waals surface area contributed by atoms with E-state index in [9.17, 15) is 9.59 Å². The molecule has 1 atom stereocenters. The quantitative estimate of drug-likeness (QED) is 0.375. The molecule has 1 aliphatic rings. The van der Waals surface area contributed by atoms with E-state index in [1.165, 1.54) is 0 Å². The standard InChI is InChI=1S/C26H26N4O3/c27-25(28)19-10-6-13-22(16-19)33-24(18-8-2-1-3-9-18)26(32)29-20-11-7-12-21(17-20)30-15-5-4-14-23(30)31/h1-3,6-13,16-17,24H,4-5,14-15H2,(H3,27,28)(H,29,32). The summed E-state index contributed by atoms with van der Waals surface area (Å²) in [4.78, 5) is 27.4. The van der Waals surface area contributed by atoms with Crippen molar-refractivity contribution in [1.82, 2.24) is 0 Å². The summed E-state index contributed by atoms with van der Waals surface area (Å²) in [7, 11) is 0. The number of amides is 2. The number of carbonyl (C=O) groups is 2. The molecule has 0 spiro atoms. The molecule has 3 aromatic carbocycles. The number of nitrogens with one attached hydrogen (secondary N) is 2. The van der Waals surface area contributed by atoms with Crippen molar-refractivity contribution in [3.05, 3.63) is 90.0 Å². The molecule has 2 amide bonds. The Kier molecular flexibility index (Phi) is 6.69. The molecular formula is C26H26N4O3. The number of benzene rings is 3. The van der Waals surface area contributed by atoms with Crippen LogP contribution in [0.25, 0.3) is 0 Å². The van der Waals surface area contributed by atoms with E-state index in [0.717, 1.165) is 18.5 Å². The zero-order valence-corrected chi connectivity index (χ0v) is 18.2. The van der Waals surface area contributed by atoms with Crippen LogP contribution in [0.4, 0.5) is 11.4 Å². The van der Waals surface area contributed by atoms with Gasteiger partial charge in [0.2, 0.25) is 12.0 Å². The van der Waals surface area contributed by atoms with Crippen molar-refractivity contribution < 1.29 is 14.3 Å². The van der Waals surface area contributed by atoms with Gasteiger partial charge in [-0.25, -0.2) is 0 Å². The first kappa shape index (κ1) is 22.1. The van der Waals surface area contributed by atoms with Crippen LogP contribution in [0, 0.1) is 5.41 Å². The number of ether oxygens (including phenoxy) is 1. The van der Waals surface area contributed by atoms with Crippen LogP contribution in [0.1, 0.15) is 36.5 Å². The Hall–Kier alpha value is -4.13. The van der Waals surface area contributed by atoms with Crippen LogP contribution in [0.2, 0.25) is 0 Å². The smallest absolute Gasteiger partial charge is 0.270 e. The summed E-state index contributed by atoms with van der Waals surface area (Å²) in [6.45, 7) is 0.679. The maximum absolute atomic E-state index is 13.3. The summed E-state index contributed by atoms with van der Waals surface area (Å²) in [5.41, 5.74) is 8.14. The van der Waals surface area contributed by atoms with Crippen molar-refractivity contribution in [2.45, 2.75) is 25.4 Å². The van der Waals surface area contributed by atoms with Crippen LogP contribution < -0.4 is 20.7 Å². The molecule has 7 heteroatoms. The van der Waals surface area contributed by atoms with Gasteiger partial charge in [-0.05, 0) is 43.2 Å². The number of anilines is 2. The minimum atomic E-state index is -0.923. The number of nitrogens with zero attached hydrogens (tertiary/aromatic N) is 1. The number of amidine groups is 1. The van der Waals surface area contributed by atoms with Crippen LogP contribution in [-0.2, 0) is 9.59 Å². The highest BCUT2D eigenvalue weighted by atomic mass is 16.5. The van der Waals surface area contributed by atoms with Crippen LogP contribution in [0.5, 0.6) is 5.75 Å². The minimum Gasteiger partial charge on any atom is -0.476 e. The molecule has 4 rings (SSSR count). The number of nitrogen functional groups attached to an aromatic ring is 1. The number of hydrogen-bond acceptors (Lipinski definition) is 4. The average Bonchev–Trinajstić information content (AvgIpc) is 2.83. The van der Waals surface area contributed by atoms with E-state index in [1.54, 1.807) is 41.3 Å². The Morgan fingerprint density at radius 2 is 1.79 bits per heavy atom. The Morgan fingerprint density at radius 3 is 2.55 bits per heavy atom. The monoisotopic (exact) mass is 442 g/mol.